The van der Waals surface area contributed by atoms with E-state index < -0.39 is 0 Å². The lowest BCUT2D eigenvalue weighted by Gasteiger charge is -2.09. The topological polar surface area (TPSA) is 55.8 Å². The average Bonchev–Trinajstić information content (AvgIpc) is 2.69. The van der Waals surface area contributed by atoms with Gasteiger partial charge < -0.3 is 14.6 Å². The molecule has 0 spiro atoms. The van der Waals surface area contributed by atoms with E-state index in [2.05, 4.69) is 0 Å². The predicted molar refractivity (Wildman–Crippen MR) is 119 cm³/mol. The number of halogens is 3. The molecule has 29 heavy (non-hydrogen) atoms. The number of carbonyl (C=O) groups excluding carboxylic acids is 1. The Balaban J connectivity index is 0.000000352. The summed E-state index contributed by atoms with van der Waals surface area (Å²) in [5, 5.41) is 10.5. The van der Waals surface area contributed by atoms with E-state index in [1.54, 1.807) is 32.2 Å². The standard InChI is InChI=1S/C15H21ClO3.C7H6Cl2O/c1-11-9-14(16)7-6-13(11)10-19-8-4-5-15(17)12(2)18-3;8-6-2-1-5(4-10)7(9)3-6/h6-7,9,12H,4-5,8,10H2,1-3H3;1-3,10H,4H2. The Kier molecular flexibility index (Phi) is 12.5. The van der Waals surface area contributed by atoms with Gasteiger partial charge in [-0.3, -0.25) is 4.79 Å². The van der Waals surface area contributed by atoms with Crippen molar-refractivity contribution in [1.82, 2.24) is 0 Å². The van der Waals surface area contributed by atoms with E-state index in [4.69, 9.17) is 49.4 Å². The second kappa shape index (κ2) is 14.0. The Morgan fingerprint density at radius 1 is 1.07 bits per heavy atom. The molecular weight excluding hydrogens is 435 g/mol. The predicted octanol–water partition coefficient (Wildman–Crippen LogP) is 6.03. The van der Waals surface area contributed by atoms with Crippen LogP contribution in [0.1, 0.15) is 36.5 Å². The number of Topliss-reactive ketones (excluding diaryl/α,β-unsaturated/α-hetero) is 1. The third-order valence-corrected chi connectivity index (χ3v) is 5.09. The molecule has 0 bridgehead atoms. The van der Waals surface area contributed by atoms with Crippen LogP contribution in [0, 0.1) is 6.92 Å². The summed E-state index contributed by atoms with van der Waals surface area (Å²) < 4.78 is 10.5. The lowest BCUT2D eigenvalue weighted by atomic mass is 10.1. The molecule has 1 N–H and O–H groups in total. The molecule has 1 unspecified atom stereocenters. The lowest BCUT2D eigenvalue weighted by Crippen LogP contribution is -2.19. The van der Waals surface area contributed by atoms with E-state index in [0.29, 0.717) is 35.2 Å². The maximum Gasteiger partial charge on any atom is 0.161 e. The Morgan fingerprint density at radius 2 is 1.69 bits per heavy atom. The van der Waals surface area contributed by atoms with E-state index in [9.17, 15) is 4.79 Å². The van der Waals surface area contributed by atoms with Crippen molar-refractivity contribution >= 4 is 40.6 Å². The van der Waals surface area contributed by atoms with E-state index in [0.717, 1.165) is 22.6 Å². The Morgan fingerprint density at radius 3 is 2.24 bits per heavy atom. The fraction of sp³-hybridized carbons (Fsp3) is 0.409. The van der Waals surface area contributed by atoms with Gasteiger partial charge in [0.25, 0.3) is 0 Å². The number of benzene rings is 2. The van der Waals surface area contributed by atoms with E-state index >= 15 is 0 Å². The number of aliphatic hydroxyl groups excluding tert-OH is 1. The monoisotopic (exact) mass is 460 g/mol. The van der Waals surface area contributed by atoms with Crippen LogP contribution in [0.5, 0.6) is 0 Å². The van der Waals surface area contributed by atoms with Crippen molar-refractivity contribution in [2.75, 3.05) is 13.7 Å². The minimum absolute atomic E-state index is 0.0456. The summed E-state index contributed by atoms with van der Waals surface area (Å²) >= 11 is 17.2. The quantitative estimate of drug-likeness (QED) is 0.463. The fourth-order valence-corrected chi connectivity index (χ4v) is 3.03. The van der Waals surface area contributed by atoms with Crippen LogP contribution in [0.15, 0.2) is 36.4 Å². The molecule has 0 aliphatic rings. The molecule has 0 fully saturated rings. The maximum absolute atomic E-state index is 11.5. The van der Waals surface area contributed by atoms with Crippen LogP contribution in [0.25, 0.3) is 0 Å². The highest BCUT2D eigenvalue weighted by Gasteiger charge is 2.10. The number of methoxy groups -OCH3 is 1. The molecular formula is C22H27Cl3O4. The second-order valence-electron chi connectivity index (χ2n) is 6.47. The van der Waals surface area contributed by atoms with Crippen LogP contribution in [-0.2, 0) is 27.5 Å². The van der Waals surface area contributed by atoms with Gasteiger partial charge in [-0.1, -0.05) is 46.9 Å². The zero-order chi connectivity index (χ0) is 21.8. The van der Waals surface area contributed by atoms with Crippen molar-refractivity contribution in [2.24, 2.45) is 0 Å². The van der Waals surface area contributed by atoms with Gasteiger partial charge in [-0.05, 0) is 61.2 Å². The van der Waals surface area contributed by atoms with Crippen molar-refractivity contribution in [1.29, 1.82) is 0 Å². The van der Waals surface area contributed by atoms with E-state index in [-0.39, 0.29) is 18.5 Å². The van der Waals surface area contributed by atoms with Crippen LogP contribution in [0.2, 0.25) is 15.1 Å². The summed E-state index contributed by atoms with van der Waals surface area (Å²) in [4.78, 5) is 11.5. The molecule has 0 heterocycles. The molecule has 160 valence electrons. The molecule has 1 atom stereocenters. The van der Waals surface area contributed by atoms with Crippen LogP contribution in [0.3, 0.4) is 0 Å². The summed E-state index contributed by atoms with van der Waals surface area (Å²) in [5.74, 6) is 0.119. The third kappa shape index (κ3) is 9.94. The highest BCUT2D eigenvalue weighted by atomic mass is 35.5. The summed E-state index contributed by atoms with van der Waals surface area (Å²) in [6.07, 6.45) is 0.895. The molecule has 2 aromatic rings. The maximum atomic E-state index is 11.5. The Labute approximate surface area is 187 Å². The first-order chi connectivity index (χ1) is 13.8. The van der Waals surface area contributed by atoms with Crippen LogP contribution < -0.4 is 0 Å². The molecule has 0 aliphatic heterocycles. The highest BCUT2D eigenvalue weighted by molar-refractivity contribution is 6.35. The first kappa shape index (κ1) is 25.9. The van der Waals surface area contributed by atoms with Crippen LogP contribution in [-0.4, -0.2) is 30.7 Å². The van der Waals surface area contributed by atoms with Crippen molar-refractivity contribution in [3.63, 3.8) is 0 Å². The summed E-state index contributed by atoms with van der Waals surface area (Å²) in [6.45, 7) is 4.85. The van der Waals surface area contributed by atoms with Crippen LogP contribution >= 0.6 is 34.8 Å². The van der Waals surface area contributed by atoms with Gasteiger partial charge in [-0.2, -0.15) is 0 Å². The number of hydrogen-bond acceptors (Lipinski definition) is 4. The Hall–Kier alpha value is -1.14. The smallest absolute Gasteiger partial charge is 0.161 e. The number of carbonyl (C=O) groups is 1. The minimum atomic E-state index is -0.321. The zero-order valence-electron chi connectivity index (χ0n) is 16.9. The number of ketones is 1. The number of rotatable bonds is 9. The molecule has 0 aromatic heterocycles. The van der Waals surface area contributed by atoms with Crippen molar-refractivity contribution in [3.05, 3.63) is 68.2 Å². The van der Waals surface area contributed by atoms with Gasteiger partial charge in [-0.15, -0.1) is 0 Å². The van der Waals surface area contributed by atoms with Gasteiger partial charge in [0.2, 0.25) is 0 Å². The Bertz CT molecular complexity index is 781. The molecule has 0 amide bonds. The molecule has 0 aliphatic carbocycles. The number of aliphatic hydroxyl groups is 1. The average molecular weight is 462 g/mol. The molecule has 0 radical (unpaired) electrons. The first-order valence-corrected chi connectivity index (χ1v) is 10.3. The summed E-state index contributed by atoms with van der Waals surface area (Å²) in [6, 6.07) is 10.7. The van der Waals surface area contributed by atoms with Gasteiger partial charge in [0.15, 0.2) is 5.78 Å². The van der Waals surface area contributed by atoms with Gasteiger partial charge in [0, 0.05) is 35.2 Å². The summed E-state index contributed by atoms with van der Waals surface area (Å²) in [5.41, 5.74) is 2.95. The van der Waals surface area contributed by atoms with Crippen molar-refractivity contribution < 1.29 is 19.4 Å². The number of aryl methyl sites for hydroxylation is 1. The number of hydrogen-bond donors (Lipinski definition) is 1. The molecule has 0 saturated heterocycles. The summed E-state index contributed by atoms with van der Waals surface area (Å²) in [7, 11) is 1.54. The molecule has 2 aromatic carbocycles. The van der Waals surface area contributed by atoms with Crippen LogP contribution in [0.4, 0.5) is 0 Å². The van der Waals surface area contributed by atoms with Gasteiger partial charge in [0.1, 0.15) is 6.10 Å². The highest BCUT2D eigenvalue weighted by Crippen LogP contribution is 2.20. The van der Waals surface area contributed by atoms with Gasteiger partial charge in [0.05, 0.1) is 13.2 Å². The molecule has 0 saturated carbocycles. The molecule has 4 nitrogen and oxygen atoms in total. The third-order valence-electron chi connectivity index (χ3n) is 4.27. The normalized spacial score (nSPS) is 11.6. The first-order valence-electron chi connectivity index (χ1n) is 9.21. The zero-order valence-corrected chi connectivity index (χ0v) is 19.2. The van der Waals surface area contributed by atoms with Crippen molar-refractivity contribution in [2.45, 2.75) is 46.0 Å². The molecule has 7 heteroatoms. The van der Waals surface area contributed by atoms with E-state index in [1.807, 2.05) is 25.1 Å². The second-order valence-corrected chi connectivity index (χ2v) is 7.75. The number of ether oxygens (including phenoxy) is 2. The van der Waals surface area contributed by atoms with E-state index in [1.165, 1.54) is 0 Å². The minimum Gasteiger partial charge on any atom is -0.392 e. The SMILES string of the molecule is COC(C)C(=O)CCCOCc1ccc(Cl)cc1C.OCc1ccc(Cl)cc1Cl. The van der Waals surface area contributed by atoms with Gasteiger partial charge in [-0.25, -0.2) is 0 Å². The molecule has 2 rings (SSSR count). The van der Waals surface area contributed by atoms with Gasteiger partial charge >= 0.3 is 0 Å². The largest absolute Gasteiger partial charge is 0.392 e. The fourth-order valence-electron chi connectivity index (χ4n) is 2.34. The lowest BCUT2D eigenvalue weighted by molar-refractivity contribution is -0.128. The van der Waals surface area contributed by atoms with Crippen molar-refractivity contribution in [3.8, 4) is 0 Å².